The van der Waals surface area contributed by atoms with Crippen LogP contribution in [0, 0.1) is 6.92 Å². The van der Waals surface area contributed by atoms with E-state index in [4.69, 9.17) is 4.74 Å². The van der Waals surface area contributed by atoms with Crippen LogP contribution in [0.25, 0.3) is 10.8 Å². The summed E-state index contributed by atoms with van der Waals surface area (Å²) in [5.74, 6) is 0.991. The Morgan fingerprint density at radius 1 is 0.958 bits per heavy atom. The fourth-order valence-electron chi connectivity index (χ4n) is 3.09. The molecule has 24 heavy (non-hydrogen) atoms. The quantitative estimate of drug-likeness (QED) is 0.692. The van der Waals surface area contributed by atoms with Gasteiger partial charge in [-0.05, 0) is 47.7 Å². The number of hydrogen-bond acceptors (Lipinski definition) is 2. The van der Waals surface area contributed by atoms with E-state index in [0.717, 1.165) is 12.3 Å². The average molecular weight is 317 g/mol. The molecule has 0 spiro atoms. The molecule has 1 aliphatic rings. The maximum atomic E-state index is 6.22. The molecule has 1 saturated carbocycles. The Bertz CT molecular complexity index is 851. The second-order valence-corrected chi connectivity index (χ2v) is 6.63. The Kier molecular flexibility index (Phi) is 4.22. The molecule has 3 aromatic rings. The number of ether oxygens (including phenoxy) is 1. The van der Waals surface area contributed by atoms with Crippen molar-refractivity contribution in [3.8, 4) is 5.75 Å². The van der Waals surface area contributed by atoms with Gasteiger partial charge in [-0.25, -0.2) is 0 Å². The molecule has 0 amide bonds. The summed E-state index contributed by atoms with van der Waals surface area (Å²) in [6.07, 6.45) is 2.59. The lowest BCUT2D eigenvalue weighted by Crippen LogP contribution is -2.16. The molecule has 1 fully saturated rings. The van der Waals surface area contributed by atoms with Gasteiger partial charge in [0.15, 0.2) is 0 Å². The zero-order chi connectivity index (χ0) is 16.4. The van der Waals surface area contributed by atoms with Gasteiger partial charge in [-0.15, -0.1) is 0 Å². The highest BCUT2D eigenvalue weighted by Gasteiger charge is 2.21. The van der Waals surface area contributed by atoms with Crippen LogP contribution in [0.15, 0.2) is 60.7 Å². The largest absolute Gasteiger partial charge is 0.489 e. The van der Waals surface area contributed by atoms with Crippen molar-refractivity contribution in [2.45, 2.75) is 39.0 Å². The number of rotatable bonds is 6. The van der Waals surface area contributed by atoms with Crippen molar-refractivity contribution < 1.29 is 4.74 Å². The van der Waals surface area contributed by atoms with E-state index < -0.39 is 0 Å². The molecule has 0 unspecified atom stereocenters. The molecule has 0 bridgehead atoms. The molecule has 1 aliphatic carbocycles. The van der Waals surface area contributed by atoms with Gasteiger partial charge < -0.3 is 10.1 Å². The van der Waals surface area contributed by atoms with Crippen molar-refractivity contribution in [1.82, 2.24) is 5.32 Å². The molecule has 1 N–H and O–H groups in total. The first-order valence-electron chi connectivity index (χ1n) is 8.72. The molecule has 4 rings (SSSR count). The molecular formula is C22H23NO. The van der Waals surface area contributed by atoms with E-state index in [0.29, 0.717) is 12.6 Å². The van der Waals surface area contributed by atoms with Crippen LogP contribution in [-0.4, -0.2) is 6.04 Å². The van der Waals surface area contributed by atoms with Crippen LogP contribution in [0.2, 0.25) is 0 Å². The molecule has 0 heterocycles. The summed E-state index contributed by atoms with van der Waals surface area (Å²) < 4.78 is 6.22. The van der Waals surface area contributed by atoms with Crippen molar-refractivity contribution >= 4 is 10.8 Å². The smallest absolute Gasteiger partial charge is 0.124 e. The molecule has 122 valence electrons. The van der Waals surface area contributed by atoms with Crippen LogP contribution < -0.4 is 10.1 Å². The number of fused-ring (bicyclic) bond motifs is 1. The highest BCUT2D eigenvalue weighted by Crippen LogP contribution is 2.30. The fourth-order valence-corrected chi connectivity index (χ4v) is 3.09. The third kappa shape index (κ3) is 3.29. The number of nitrogens with one attached hydrogen (secondary N) is 1. The molecular weight excluding hydrogens is 294 g/mol. The van der Waals surface area contributed by atoms with E-state index >= 15 is 0 Å². The first kappa shape index (κ1) is 15.2. The minimum atomic E-state index is 0.613. The molecule has 0 aliphatic heterocycles. The maximum absolute atomic E-state index is 6.22. The highest BCUT2D eigenvalue weighted by atomic mass is 16.5. The van der Waals surface area contributed by atoms with E-state index in [1.165, 1.54) is 40.3 Å². The van der Waals surface area contributed by atoms with E-state index in [-0.39, 0.29) is 0 Å². The third-order valence-electron chi connectivity index (χ3n) is 4.79. The zero-order valence-electron chi connectivity index (χ0n) is 14.1. The summed E-state index contributed by atoms with van der Waals surface area (Å²) in [6, 6.07) is 21.9. The Balaban J connectivity index is 1.63. The fraction of sp³-hybridized carbons (Fsp3) is 0.273. The first-order chi connectivity index (χ1) is 11.8. The maximum Gasteiger partial charge on any atom is 0.124 e. The lowest BCUT2D eigenvalue weighted by molar-refractivity contribution is 0.302. The van der Waals surface area contributed by atoms with Crippen LogP contribution in [0.4, 0.5) is 0 Å². The Labute approximate surface area is 143 Å². The lowest BCUT2D eigenvalue weighted by atomic mass is 10.0. The first-order valence-corrected chi connectivity index (χ1v) is 8.72. The number of benzene rings is 3. The van der Waals surface area contributed by atoms with Crippen LogP contribution in [0.5, 0.6) is 5.75 Å². The van der Waals surface area contributed by atoms with Gasteiger partial charge in [-0.2, -0.15) is 0 Å². The van der Waals surface area contributed by atoms with Crippen molar-refractivity contribution in [2.24, 2.45) is 0 Å². The van der Waals surface area contributed by atoms with Gasteiger partial charge in [0.05, 0.1) is 0 Å². The second-order valence-electron chi connectivity index (χ2n) is 6.63. The summed E-state index contributed by atoms with van der Waals surface area (Å²) in [5, 5.41) is 6.19. The Hall–Kier alpha value is -2.32. The van der Waals surface area contributed by atoms with Crippen molar-refractivity contribution in [3.05, 3.63) is 77.4 Å². The van der Waals surface area contributed by atoms with Crippen molar-refractivity contribution in [3.63, 3.8) is 0 Å². The van der Waals surface area contributed by atoms with Crippen LogP contribution >= 0.6 is 0 Å². The van der Waals surface area contributed by atoms with Crippen LogP contribution in [-0.2, 0) is 13.2 Å². The van der Waals surface area contributed by atoms with Gasteiger partial charge in [0, 0.05) is 18.2 Å². The van der Waals surface area contributed by atoms with Crippen molar-refractivity contribution in [1.29, 1.82) is 0 Å². The normalized spacial score (nSPS) is 14.0. The molecule has 0 atom stereocenters. The van der Waals surface area contributed by atoms with Gasteiger partial charge in [0.1, 0.15) is 12.4 Å². The average Bonchev–Trinajstić information content (AvgIpc) is 3.44. The zero-order valence-corrected chi connectivity index (χ0v) is 14.1. The summed E-state index contributed by atoms with van der Waals surface area (Å²) in [5.41, 5.74) is 3.79. The second kappa shape index (κ2) is 6.66. The van der Waals surface area contributed by atoms with Gasteiger partial charge in [-0.1, -0.05) is 54.6 Å². The van der Waals surface area contributed by atoms with Gasteiger partial charge >= 0.3 is 0 Å². The predicted octanol–water partition coefficient (Wildman–Crippen LogP) is 4.98. The SMILES string of the molecule is Cc1ccccc1COc1ccc2ccccc2c1CNC1CC1. The minimum absolute atomic E-state index is 0.613. The number of hydrogen-bond donors (Lipinski definition) is 1. The summed E-state index contributed by atoms with van der Waals surface area (Å²) in [7, 11) is 0. The van der Waals surface area contributed by atoms with Gasteiger partial charge in [0.2, 0.25) is 0 Å². The van der Waals surface area contributed by atoms with Crippen molar-refractivity contribution in [2.75, 3.05) is 0 Å². The monoisotopic (exact) mass is 317 g/mol. The minimum Gasteiger partial charge on any atom is -0.489 e. The standard InChI is InChI=1S/C22H23NO/c1-16-6-2-3-8-18(16)15-24-22-13-10-17-7-4-5-9-20(17)21(22)14-23-19-11-12-19/h2-10,13,19,23H,11-12,14-15H2,1H3. The Morgan fingerprint density at radius 2 is 1.75 bits per heavy atom. The van der Waals surface area contributed by atoms with E-state index in [1.807, 2.05) is 0 Å². The molecule has 2 nitrogen and oxygen atoms in total. The summed E-state index contributed by atoms with van der Waals surface area (Å²) in [4.78, 5) is 0. The van der Waals surface area contributed by atoms with Crippen LogP contribution in [0.3, 0.4) is 0 Å². The van der Waals surface area contributed by atoms with E-state index in [2.05, 4.69) is 72.9 Å². The summed E-state index contributed by atoms with van der Waals surface area (Å²) >= 11 is 0. The Morgan fingerprint density at radius 3 is 2.58 bits per heavy atom. The number of aryl methyl sites for hydroxylation is 1. The predicted molar refractivity (Wildman–Crippen MR) is 99.3 cm³/mol. The lowest BCUT2D eigenvalue weighted by Gasteiger charge is -2.16. The van der Waals surface area contributed by atoms with Crippen LogP contribution in [0.1, 0.15) is 29.5 Å². The molecule has 0 radical (unpaired) electrons. The topological polar surface area (TPSA) is 21.3 Å². The van der Waals surface area contributed by atoms with Gasteiger partial charge in [-0.3, -0.25) is 0 Å². The van der Waals surface area contributed by atoms with E-state index in [9.17, 15) is 0 Å². The van der Waals surface area contributed by atoms with E-state index in [1.54, 1.807) is 0 Å². The van der Waals surface area contributed by atoms with Gasteiger partial charge in [0.25, 0.3) is 0 Å². The molecule has 0 saturated heterocycles. The summed E-state index contributed by atoms with van der Waals surface area (Å²) in [6.45, 7) is 3.62. The highest BCUT2D eigenvalue weighted by molar-refractivity contribution is 5.87. The third-order valence-corrected chi connectivity index (χ3v) is 4.79. The molecule has 0 aromatic heterocycles. The molecule has 3 aromatic carbocycles. The molecule has 2 heteroatoms.